The summed E-state index contributed by atoms with van der Waals surface area (Å²) in [5, 5.41) is 11.0. The van der Waals surface area contributed by atoms with Gasteiger partial charge in [-0.15, -0.1) is 10.2 Å². The molecule has 0 fully saturated rings. The highest BCUT2D eigenvalue weighted by molar-refractivity contribution is 5.94. The molecule has 6 nitrogen and oxygen atoms in total. The van der Waals surface area contributed by atoms with E-state index in [0.29, 0.717) is 18.5 Å². The Bertz CT molecular complexity index is 1220. The van der Waals surface area contributed by atoms with Gasteiger partial charge in [0.15, 0.2) is 5.65 Å². The summed E-state index contributed by atoms with van der Waals surface area (Å²) in [5.41, 5.74) is 0.249. The van der Waals surface area contributed by atoms with E-state index in [1.807, 2.05) is 28.8 Å². The van der Waals surface area contributed by atoms with Gasteiger partial charge < -0.3 is 10.1 Å². The lowest BCUT2D eigenvalue weighted by Crippen LogP contribution is -2.26. The zero-order valence-corrected chi connectivity index (χ0v) is 16.1. The van der Waals surface area contributed by atoms with Crippen molar-refractivity contribution in [2.75, 3.05) is 6.54 Å². The van der Waals surface area contributed by atoms with Crippen LogP contribution in [-0.4, -0.2) is 27.0 Å². The van der Waals surface area contributed by atoms with E-state index in [-0.39, 0.29) is 17.4 Å². The van der Waals surface area contributed by atoms with Crippen LogP contribution >= 0.6 is 0 Å². The molecule has 0 atom stereocenters. The van der Waals surface area contributed by atoms with Gasteiger partial charge in [0.1, 0.15) is 17.3 Å². The van der Waals surface area contributed by atoms with Gasteiger partial charge in [0.25, 0.3) is 5.91 Å². The van der Waals surface area contributed by atoms with E-state index in [1.165, 1.54) is 18.2 Å². The van der Waals surface area contributed by atoms with Gasteiger partial charge in [0.05, 0.1) is 5.56 Å². The van der Waals surface area contributed by atoms with Crippen LogP contribution < -0.4 is 10.1 Å². The van der Waals surface area contributed by atoms with E-state index in [4.69, 9.17) is 4.74 Å². The molecule has 2 aromatic heterocycles. The molecule has 0 saturated carbocycles. The normalized spacial score (nSPS) is 11.5. The highest BCUT2D eigenvalue weighted by atomic mass is 19.4. The first-order chi connectivity index (χ1) is 14.9. The number of hydrogen-bond acceptors (Lipinski definition) is 4. The number of nitrogens with one attached hydrogen (secondary N) is 1. The molecule has 1 amide bonds. The Labute approximate surface area is 175 Å². The fraction of sp³-hybridized carbons (Fsp3) is 0.136. The van der Waals surface area contributed by atoms with Gasteiger partial charge in [-0.1, -0.05) is 18.2 Å². The lowest BCUT2D eigenvalue weighted by molar-refractivity contribution is -0.137. The predicted molar refractivity (Wildman–Crippen MR) is 107 cm³/mol. The fourth-order valence-electron chi connectivity index (χ4n) is 3.02. The van der Waals surface area contributed by atoms with Crippen molar-refractivity contribution in [2.24, 2.45) is 0 Å². The number of ether oxygens (including phenoxy) is 1. The van der Waals surface area contributed by atoms with Crippen molar-refractivity contribution in [3.05, 3.63) is 89.9 Å². The summed E-state index contributed by atoms with van der Waals surface area (Å²) in [6.45, 7) is 0.341. The van der Waals surface area contributed by atoms with Gasteiger partial charge >= 0.3 is 6.18 Å². The second-order valence-corrected chi connectivity index (χ2v) is 6.71. The first-order valence-corrected chi connectivity index (χ1v) is 9.42. The van der Waals surface area contributed by atoms with E-state index in [0.717, 1.165) is 23.6 Å². The summed E-state index contributed by atoms with van der Waals surface area (Å²) in [5.74, 6) is 0.683. The Balaban J connectivity index is 1.39. The van der Waals surface area contributed by atoms with Crippen LogP contribution in [0.1, 0.15) is 21.7 Å². The van der Waals surface area contributed by atoms with Crippen LogP contribution in [0, 0.1) is 0 Å². The van der Waals surface area contributed by atoms with Crippen LogP contribution in [0.3, 0.4) is 0 Å². The minimum absolute atomic E-state index is 0.0334. The second-order valence-electron chi connectivity index (χ2n) is 6.71. The van der Waals surface area contributed by atoms with Gasteiger partial charge in [0, 0.05) is 24.7 Å². The lowest BCUT2D eigenvalue weighted by Gasteiger charge is -2.11. The molecule has 0 spiro atoms. The zero-order valence-electron chi connectivity index (χ0n) is 16.1. The minimum atomic E-state index is -4.46. The SMILES string of the molecule is O=C(NCCc1nnc2ccccn12)c1cccc(Oc2cccc(C(F)(F)F)c2)c1. The Morgan fingerprint density at radius 1 is 0.968 bits per heavy atom. The molecule has 0 saturated heterocycles. The third-order valence-electron chi connectivity index (χ3n) is 4.51. The maximum absolute atomic E-state index is 12.9. The smallest absolute Gasteiger partial charge is 0.416 e. The number of pyridine rings is 1. The largest absolute Gasteiger partial charge is 0.457 e. The Kier molecular flexibility index (Phi) is 5.57. The van der Waals surface area contributed by atoms with Crippen molar-refractivity contribution < 1.29 is 22.7 Å². The average molecular weight is 426 g/mol. The number of fused-ring (bicyclic) bond motifs is 1. The molecule has 1 N–H and O–H groups in total. The standard InChI is InChI=1S/C22H17F3N4O2/c23-22(24,25)16-6-4-8-18(14-16)31-17-7-3-5-15(13-17)21(30)26-11-10-20-28-27-19-9-1-2-12-29(19)20/h1-9,12-14H,10-11H2,(H,26,30). The molecule has 4 aromatic rings. The number of halogens is 3. The molecule has 9 heteroatoms. The molecule has 158 valence electrons. The topological polar surface area (TPSA) is 68.5 Å². The lowest BCUT2D eigenvalue weighted by atomic mass is 10.2. The van der Waals surface area contributed by atoms with E-state index in [9.17, 15) is 18.0 Å². The number of nitrogens with zero attached hydrogens (tertiary/aromatic N) is 3. The second kappa shape index (κ2) is 8.47. The molecule has 0 bridgehead atoms. The quantitative estimate of drug-likeness (QED) is 0.493. The van der Waals surface area contributed by atoms with Crippen molar-refractivity contribution in [2.45, 2.75) is 12.6 Å². The maximum Gasteiger partial charge on any atom is 0.416 e. The molecule has 0 unspecified atom stereocenters. The number of carbonyl (C=O) groups excluding carboxylic acids is 1. The Morgan fingerprint density at radius 2 is 1.74 bits per heavy atom. The highest BCUT2D eigenvalue weighted by Crippen LogP contribution is 2.32. The molecule has 0 aliphatic carbocycles. The Hall–Kier alpha value is -3.88. The van der Waals surface area contributed by atoms with E-state index in [2.05, 4.69) is 15.5 Å². The van der Waals surface area contributed by atoms with Crippen LogP contribution in [0.5, 0.6) is 11.5 Å². The first kappa shape index (κ1) is 20.4. The number of carbonyl (C=O) groups is 1. The molecular weight excluding hydrogens is 409 g/mol. The minimum Gasteiger partial charge on any atom is -0.457 e. The van der Waals surface area contributed by atoms with E-state index < -0.39 is 11.7 Å². The molecule has 31 heavy (non-hydrogen) atoms. The molecule has 0 aliphatic heterocycles. The number of aromatic nitrogens is 3. The fourth-order valence-corrected chi connectivity index (χ4v) is 3.02. The van der Waals surface area contributed by atoms with Crippen LogP contribution in [0.15, 0.2) is 72.9 Å². The number of amides is 1. The summed E-state index contributed by atoms with van der Waals surface area (Å²) >= 11 is 0. The average Bonchev–Trinajstić information content (AvgIpc) is 3.17. The Morgan fingerprint density at radius 3 is 2.55 bits per heavy atom. The summed E-state index contributed by atoms with van der Waals surface area (Å²) in [6, 6.07) is 16.4. The van der Waals surface area contributed by atoms with Gasteiger partial charge in [-0.25, -0.2) is 0 Å². The molecular formula is C22H17F3N4O2. The van der Waals surface area contributed by atoms with E-state index >= 15 is 0 Å². The third kappa shape index (κ3) is 4.82. The van der Waals surface area contributed by atoms with Crippen LogP contribution in [0.2, 0.25) is 0 Å². The van der Waals surface area contributed by atoms with Gasteiger partial charge in [-0.3, -0.25) is 9.20 Å². The number of alkyl halides is 3. The summed E-state index contributed by atoms with van der Waals surface area (Å²) < 4.78 is 46.0. The van der Waals surface area contributed by atoms with Crippen molar-refractivity contribution in [3.8, 4) is 11.5 Å². The van der Waals surface area contributed by atoms with E-state index in [1.54, 1.807) is 18.2 Å². The molecule has 4 rings (SSSR count). The van der Waals surface area contributed by atoms with Gasteiger partial charge in [0.2, 0.25) is 0 Å². The van der Waals surface area contributed by atoms with Crippen LogP contribution in [0.25, 0.3) is 5.65 Å². The van der Waals surface area contributed by atoms with Gasteiger partial charge in [-0.05, 0) is 48.5 Å². The van der Waals surface area contributed by atoms with Crippen molar-refractivity contribution >= 4 is 11.6 Å². The summed E-state index contributed by atoms with van der Waals surface area (Å²) in [4.78, 5) is 12.5. The van der Waals surface area contributed by atoms with Crippen molar-refractivity contribution in [1.82, 2.24) is 19.9 Å². The monoisotopic (exact) mass is 426 g/mol. The molecule has 0 radical (unpaired) electrons. The number of hydrogen-bond donors (Lipinski definition) is 1. The van der Waals surface area contributed by atoms with Crippen molar-refractivity contribution in [3.63, 3.8) is 0 Å². The predicted octanol–water partition coefficient (Wildman–Crippen LogP) is 4.51. The molecule has 2 aromatic carbocycles. The first-order valence-electron chi connectivity index (χ1n) is 9.42. The zero-order chi connectivity index (χ0) is 21.8. The maximum atomic E-state index is 12.9. The number of benzene rings is 2. The third-order valence-corrected chi connectivity index (χ3v) is 4.51. The number of rotatable bonds is 6. The van der Waals surface area contributed by atoms with Crippen LogP contribution in [-0.2, 0) is 12.6 Å². The van der Waals surface area contributed by atoms with Crippen LogP contribution in [0.4, 0.5) is 13.2 Å². The molecule has 0 aliphatic rings. The highest BCUT2D eigenvalue weighted by Gasteiger charge is 2.30. The van der Waals surface area contributed by atoms with Crippen molar-refractivity contribution in [1.29, 1.82) is 0 Å². The summed E-state index contributed by atoms with van der Waals surface area (Å²) in [7, 11) is 0. The van der Waals surface area contributed by atoms with Gasteiger partial charge in [-0.2, -0.15) is 13.2 Å². The summed E-state index contributed by atoms with van der Waals surface area (Å²) in [6.07, 6.45) is -2.13. The molecule has 2 heterocycles.